The molecule has 0 N–H and O–H groups in total. The number of hydrogen-bond donors (Lipinski definition) is 0. The first-order chi connectivity index (χ1) is 4.27. The lowest BCUT2D eigenvalue weighted by Crippen LogP contribution is -1.73. The monoisotopic (exact) mass is 144 g/mol. The molecule has 0 aliphatic carbocycles. The fraction of sp³-hybridized carbons (Fsp3) is 0.286. The van der Waals surface area contributed by atoms with Crippen LogP contribution in [0.4, 0.5) is 0 Å². The van der Waals surface area contributed by atoms with Crippen molar-refractivity contribution >= 4 is 16.8 Å². The van der Waals surface area contributed by atoms with Crippen molar-refractivity contribution in [3.8, 4) is 0 Å². The number of carbonyl (C=O) groups is 1. The molecule has 0 rings (SSSR count). The summed E-state index contributed by atoms with van der Waals surface area (Å²) in [5.41, 5.74) is 0. The van der Waals surface area contributed by atoms with Gasteiger partial charge < -0.3 is 0 Å². The molecule has 0 bridgehead atoms. The third kappa shape index (κ3) is 7.44. The largest absolute Gasteiger partial charge is 0.276 e. The maximum atomic E-state index is 10.1. The van der Waals surface area contributed by atoms with Crippen molar-refractivity contribution < 1.29 is 4.79 Å². The summed E-state index contributed by atoms with van der Waals surface area (Å²) in [5.74, 6) is 0. The molecule has 9 heavy (non-hydrogen) atoms. The summed E-state index contributed by atoms with van der Waals surface area (Å²) in [5, 5.41) is -0.418. The molecule has 0 spiro atoms. The van der Waals surface area contributed by atoms with Crippen LogP contribution >= 0.6 is 11.6 Å². The number of hydrogen-bond acceptors (Lipinski definition) is 1. The first kappa shape index (κ1) is 8.44. The van der Waals surface area contributed by atoms with Crippen LogP contribution in [0.5, 0.6) is 0 Å². The van der Waals surface area contributed by atoms with Crippen molar-refractivity contribution in [1.29, 1.82) is 0 Å². The number of unbranched alkanes of at least 4 members (excludes halogenated alkanes) is 1. The van der Waals surface area contributed by atoms with Gasteiger partial charge in [0.25, 0.3) is 0 Å². The van der Waals surface area contributed by atoms with Gasteiger partial charge in [0.2, 0.25) is 5.24 Å². The van der Waals surface area contributed by atoms with E-state index in [-0.39, 0.29) is 0 Å². The van der Waals surface area contributed by atoms with Crippen molar-refractivity contribution in [2.75, 3.05) is 0 Å². The first-order valence-electron chi connectivity index (χ1n) is 2.74. The zero-order chi connectivity index (χ0) is 7.11. The molecule has 1 nitrogen and oxygen atoms in total. The summed E-state index contributed by atoms with van der Waals surface area (Å²) in [6, 6.07) is 0. The highest BCUT2D eigenvalue weighted by Crippen LogP contribution is 1.92. The Morgan fingerprint density at radius 1 is 1.56 bits per heavy atom. The first-order valence-corrected chi connectivity index (χ1v) is 3.12. The Labute approximate surface area is 60.0 Å². The Bertz CT molecular complexity index is 127. The lowest BCUT2D eigenvalue weighted by Gasteiger charge is -1.80. The summed E-state index contributed by atoms with van der Waals surface area (Å²) in [7, 11) is 0. The molecule has 0 aromatic rings. The Morgan fingerprint density at radius 3 is 2.67 bits per heavy atom. The average Bonchev–Trinajstić information content (AvgIpc) is 1.80. The maximum absolute atomic E-state index is 10.1. The molecule has 0 aromatic heterocycles. The number of halogens is 1. The van der Waals surface area contributed by atoms with Crippen molar-refractivity contribution in [3.05, 3.63) is 24.8 Å². The van der Waals surface area contributed by atoms with E-state index in [9.17, 15) is 4.79 Å². The number of carbonyl (C=O) groups excluding carboxylic acids is 1. The molecule has 0 saturated heterocycles. The molecular weight excluding hydrogens is 136 g/mol. The van der Waals surface area contributed by atoms with Crippen LogP contribution in [0.25, 0.3) is 0 Å². The standard InChI is InChI=1S/C7H9ClO/c1-2-3-4-5-6-7(8)9/h2,5-6H,1,3-4H2/b6-5+. The van der Waals surface area contributed by atoms with Gasteiger partial charge in [0, 0.05) is 0 Å². The second-order valence-corrected chi connectivity index (χ2v) is 1.95. The summed E-state index contributed by atoms with van der Waals surface area (Å²) in [6.45, 7) is 3.53. The van der Waals surface area contributed by atoms with Crippen LogP contribution in [-0.2, 0) is 4.79 Å². The molecule has 0 amide bonds. The molecule has 2 heteroatoms. The maximum Gasteiger partial charge on any atom is 0.244 e. The smallest absolute Gasteiger partial charge is 0.244 e. The van der Waals surface area contributed by atoms with Crippen LogP contribution in [0.15, 0.2) is 24.8 Å². The zero-order valence-corrected chi connectivity index (χ0v) is 5.90. The summed E-state index contributed by atoms with van der Waals surface area (Å²) >= 11 is 5.01. The Balaban J connectivity index is 3.24. The van der Waals surface area contributed by atoms with E-state index >= 15 is 0 Å². The van der Waals surface area contributed by atoms with Gasteiger partial charge in [0.05, 0.1) is 0 Å². The molecule has 0 saturated carbocycles. The molecule has 50 valence electrons. The third-order valence-electron chi connectivity index (χ3n) is 0.786. The highest BCUT2D eigenvalue weighted by molar-refractivity contribution is 6.66. The Hall–Kier alpha value is -0.560. The normalized spacial score (nSPS) is 9.89. The van der Waals surface area contributed by atoms with E-state index in [1.807, 2.05) is 0 Å². The van der Waals surface area contributed by atoms with Gasteiger partial charge in [-0.3, -0.25) is 4.79 Å². The number of allylic oxidation sites excluding steroid dienone is 3. The highest BCUT2D eigenvalue weighted by atomic mass is 35.5. The topological polar surface area (TPSA) is 17.1 Å². The van der Waals surface area contributed by atoms with E-state index in [4.69, 9.17) is 11.6 Å². The molecular formula is C7H9ClO. The Kier molecular flexibility index (Phi) is 5.23. The van der Waals surface area contributed by atoms with Crippen molar-refractivity contribution in [3.63, 3.8) is 0 Å². The predicted molar refractivity (Wildman–Crippen MR) is 39.4 cm³/mol. The second kappa shape index (κ2) is 5.57. The van der Waals surface area contributed by atoms with Crippen molar-refractivity contribution in [2.45, 2.75) is 12.8 Å². The lowest BCUT2D eigenvalue weighted by atomic mass is 10.3. The van der Waals surface area contributed by atoms with Gasteiger partial charge in [0.1, 0.15) is 0 Å². The van der Waals surface area contributed by atoms with Crippen LogP contribution in [0, 0.1) is 0 Å². The molecule has 0 aliphatic heterocycles. The molecule has 0 radical (unpaired) electrons. The van der Waals surface area contributed by atoms with Crippen LogP contribution in [-0.4, -0.2) is 5.24 Å². The van der Waals surface area contributed by atoms with Crippen LogP contribution in [0.3, 0.4) is 0 Å². The molecule has 0 unspecified atom stereocenters. The van der Waals surface area contributed by atoms with Gasteiger partial charge in [0.15, 0.2) is 0 Å². The summed E-state index contributed by atoms with van der Waals surface area (Å²) in [4.78, 5) is 10.1. The van der Waals surface area contributed by atoms with E-state index in [2.05, 4.69) is 6.58 Å². The number of rotatable bonds is 4. The highest BCUT2D eigenvalue weighted by Gasteiger charge is 1.81. The quantitative estimate of drug-likeness (QED) is 0.256. The molecule has 0 aromatic carbocycles. The van der Waals surface area contributed by atoms with E-state index in [1.165, 1.54) is 6.08 Å². The van der Waals surface area contributed by atoms with E-state index < -0.39 is 5.24 Å². The minimum absolute atomic E-state index is 0.418. The summed E-state index contributed by atoms with van der Waals surface area (Å²) in [6.07, 6.45) is 6.60. The molecule has 0 atom stereocenters. The van der Waals surface area contributed by atoms with Gasteiger partial charge in [-0.25, -0.2) is 0 Å². The molecule has 0 fully saturated rings. The van der Waals surface area contributed by atoms with Gasteiger partial charge in [-0.2, -0.15) is 0 Å². The van der Waals surface area contributed by atoms with Gasteiger partial charge in [-0.15, -0.1) is 6.58 Å². The van der Waals surface area contributed by atoms with Crippen LogP contribution in [0.2, 0.25) is 0 Å². The van der Waals surface area contributed by atoms with Gasteiger partial charge in [-0.05, 0) is 30.5 Å². The molecule has 0 heterocycles. The van der Waals surface area contributed by atoms with Crippen molar-refractivity contribution in [2.24, 2.45) is 0 Å². The van der Waals surface area contributed by atoms with E-state index in [0.29, 0.717) is 0 Å². The minimum atomic E-state index is -0.418. The SMILES string of the molecule is C=CCC/C=C/C(=O)Cl. The lowest BCUT2D eigenvalue weighted by molar-refractivity contribution is -0.107. The second-order valence-electron chi connectivity index (χ2n) is 1.57. The third-order valence-corrected chi connectivity index (χ3v) is 0.912. The fourth-order valence-corrected chi connectivity index (χ4v) is 0.479. The molecule has 0 aliphatic rings. The van der Waals surface area contributed by atoms with E-state index in [1.54, 1.807) is 12.2 Å². The van der Waals surface area contributed by atoms with Crippen molar-refractivity contribution in [1.82, 2.24) is 0 Å². The van der Waals surface area contributed by atoms with Gasteiger partial charge >= 0.3 is 0 Å². The zero-order valence-electron chi connectivity index (χ0n) is 5.14. The van der Waals surface area contributed by atoms with E-state index in [0.717, 1.165) is 12.8 Å². The predicted octanol–water partition coefficient (Wildman–Crippen LogP) is 2.27. The van der Waals surface area contributed by atoms with Crippen LogP contribution < -0.4 is 0 Å². The Morgan fingerprint density at radius 2 is 2.22 bits per heavy atom. The average molecular weight is 145 g/mol. The van der Waals surface area contributed by atoms with Gasteiger partial charge in [-0.1, -0.05) is 12.2 Å². The fourth-order valence-electron chi connectivity index (χ4n) is 0.390. The van der Waals surface area contributed by atoms with Crippen LogP contribution in [0.1, 0.15) is 12.8 Å². The summed E-state index contributed by atoms with van der Waals surface area (Å²) < 4.78 is 0. The minimum Gasteiger partial charge on any atom is -0.276 e.